The summed E-state index contributed by atoms with van der Waals surface area (Å²) in [6.07, 6.45) is 0.797. The van der Waals surface area contributed by atoms with Crippen LogP contribution in [0.1, 0.15) is 17.3 Å². The van der Waals surface area contributed by atoms with Crippen LogP contribution in [0.5, 0.6) is 0 Å². The number of piperazine rings is 1. The molecule has 0 atom stereocenters. The average Bonchev–Trinajstić information content (AvgIpc) is 3.45. The van der Waals surface area contributed by atoms with E-state index in [0.717, 1.165) is 48.8 Å². The number of benzene rings is 2. The minimum Gasteiger partial charge on any atom is -0.340 e. The summed E-state index contributed by atoms with van der Waals surface area (Å²) < 4.78 is 6.54. The summed E-state index contributed by atoms with van der Waals surface area (Å²) in [5.74, 6) is 1.10. The van der Waals surface area contributed by atoms with Gasteiger partial charge in [-0.05, 0) is 36.4 Å². The monoisotopic (exact) mass is 467 g/mol. The fourth-order valence-electron chi connectivity index (χ4n) is 3.78. The molecule has 2 aromatic heterocycles. The number of hydrogen-bond acceptors (Lipinski definition) is 7. The van der Waals surface area contributed by atoms with Crippen LogP contribution in [0.4, 0.5) is 0 Å². The first-order valence-corrected chi connectivity index (χ1v) is 11.8. The zero-order valence-corrected chi connectivity index (χ0v) is 19.0. The van der Waals surface area contributed by atoms with Crippen LogP contribution in [0.3, 0.4) is 0 Å². The van der Waals surface area contributed by atoms with Gasteiger partial charge in [-0.25, -0.2) is 4.98 Å². The van der Waals surface area contributed by atoms with Crippen molar-refractivity contribution in [3.8, 4) is 11.4 Å². The Hall–Kier alpha value is -2.81. The van der Waals surface area contributed by atoms with Gasteiger partial charge in [0.05, 0.1) is 16.8 Å². The number of halogens is 1. The van der Waals surface area contributed by atoms with E-state index in [0.29, 0.717) is 29.6 Å². The molecule has 2 aromatic carbocycles. The van der Waals surface area contributed by atoms with Crippen LogP contribution in [0, 0.1) is 0 Å². The van der Waals surface area contributed by atoms with E-state index < -0.39 is 0 Å². The quantitative estimate of drug-likeness (QED) is 0.421. The highest BCUT2D eigenvalue weighted by molar-refractivity contribution is 7.18. The second kappa shape index (κ2) is 9.36. The van der Waals surface area contributed by atoms with Gasteiger partial charge in [-0.3, -0.25) is 9.69 Å². The van der Waals surface area contributed by atoms with Gasteiger partial charge >= 0.3 is 0 Å². The molecule has 1 aliphatic heterocycles. The number of para-hydroxylation sites is 1. The highest BCUT2D eigenvalue weighted by Gasteiger charge is 2.22. The molecule has 0 unspecified atom stereocenters. The highest BCUT2D eigenvalue weighted by Crippen LogP contribution is 2.23. The van der Waals surface area contributed by atoms with Crippen LogP contribution in [0.2, 0.25) is 5.02 Å². The molecule has 4 aromatic rings. The van der Waals surface area contributed by atoms with Gasteiger partial charge in [-0.15, -0.1) is 11.3 Å². The Morgan fingerprint density at radius 3 is 2.59 bits per heavy atom. The fraction of sp³-hybridized carbons (Fsp3) is 0.304. The van der Waals surface area contributed by atoms with Gasteiger partial charge in [-0.2, -0.15) is 4.98 Å². The maximum Gasteiger partial charge on any atom is 0.227 e. The maximum absolute atomic E-state index is 12.7. The SMILES string of the molecule is O=C(CCc1nc(-c2ccc(Cl)cc2)no1)N1CCN(Cc2nc3ccccc3s2)CC1. The molecule has 0 bridgehead atoms. The van der Waals surface area contributed by atoms with Crippen molar-refractivity contribution in [1.82, 2.24) is 24.9 Å². The number of carbonyl (C=O) groups is 1. The molecule has 0 aliphatic carbocycles. The molecule has 7 nitrogen and oxygen atoms in total. The Morgan fingerprint density at radius 1 is 1.03 bits per heavy atom. The lowest BCUT2D eigenvalue weighted by Crippen LogP contribution is -2.48. The predicted octanol–water partition coefficient (Wildman–Crippen LogP) is 4.28. The van der Waals surface area contributed by atoms with E-state index >= 15 is 0 Å². The summed E-state index contributed by atoms with van der Waals surface area (Å²) in [5, 5.41) is 5.79. The van der Waals surface area contributed by atoms with Crippen molar-refractivity contribution in [2.45, 2.75) is 19.4 Å². The molecule has 5 rings (SSSR count). The second-order valence-corrected chi connectivity index (χ2v) is 9.30. The molecule has 164 valence electrons. The normalized spacial score (nSPS) is 14.8. The minimum atomic E-state index is 0.121. The van der Waals surface area contributed by atoms with Crippen molar-refractivity contribution >= 4 is 39.1 Å². The number of aromatic nitrogens is 3. The molecule has 1 fully saturated rings. The Labute approximate surface area is 194 Å². The summed E-state index contributed by atoms with van der Waals surface area (Å²) in [5.41, 5.74) is 1.89. The Kier molecular flexibility index (Phi) is 6.16. The first-order chi connectivity index (χ1) is 15.6. The maximum atomic E-state index is 12.7. The first kappa shape index (κ1) is 21.1. The standard InChI is InChI=1S/C23H22ClN5O2S/c24-17-7-5-16(6-8-17)23-26-20(31-27-23)9-10-22(30)29-13-11-28(12-14-29)15-21-25-18-3-1-2-4-19(18)32-21/h1-8H,9-15H2. The third-order valence-corrected chi connectivity index (χ3v) is 6.82. The summed E-state index contributed by atoms with van der Waals surface area (Å²) in [7, 11) is 0. The molecule has 9 heteroatoms. The van der Waals surface area contributed by atoms with E-state index in [-0.39, 0.29) is 5.91 Å². The van der Waals surface area contributed by atoms with Crippen LogP contribution in [-0.2, 0) is 17.8 Å². The summed E-state index contributed by atoms with van der Waals surface area (Å²) in [6.45, 7) is 3.98. The molecule has 3 heterocycles. The first-order valence-electron chi connectivity index (χ1n) is 10.6. The largest absolute Gasteiger partial charge is 0.340 e. The van der Waals surface area contributed by atoms with Crippen LogP contribution in [0.25, 0.3) is 21.6 Å². The van der Waals surface area contributed by atoms with Gasteiger partial charge in [0.25, 0.3) is 0 Å². The van der Waals surface area contributed by atoms with Crippen molar-refractivity contribution in [2.24, 2.45) is 0 Å². The average molecular weight is 468 g/mol. The number of carbonyl (C=O) groups excluding carboxylic acids is 1. The smallest absolute Gasteiger partial charge is 0.227 e. The third-order valence-electron chi connectivity index (χ3n) is 5.55. The highest BCUT2D eigenvalue weighted by atomic mass is 35.5. The minimum absolute atomic E-state index is 0.121. The van der Waals surface area contributed by atoms with E-state index in [1.54, 1.807) is 23.5 Å². The van der Waals surface area contributed by atoms with Crippen molar-refractivity contribution in [3.05, 3.63) is 64.5 Å². The number of rotatable bonds is 6. The number of nitrogens with zero attached hydrogens (tertiary/aromatic N) is 5. The lowest BCUT2D eigenvalue weighted by atomic mass is 10.2. The number of thiazole rings is 1. The van der Waals surface area contributed by atoms with Gasteiger partial charge in [0.15, 0.2) is 0 Å². The predicted molar refractivity (Wildman–Crippen MR) is 125 cm³/mol. The fourth-order valence-corrected chi connectivity index (χ4v) is 4.91. The molecular formula is C23H22ClN5O2S. The molecule has 1 amide bonds. The van der Waals surface area contributed by atoms with Crippen molar-refractivity contribution in [2.75, 3.05) is 26.2 Å². The van der Waals surface area contributed by atoms with Gasteiger partial charge in [0.1, 0.15) is 5.01 Å². The number of hydrogen-bond donors (Lipinski definition) is 0. The summed E-state index contributed by atoms with van der Waals surface area (Å²) in [4.78, 5) is 26.1. The topological polar surface area (TPSA) is 75.4 Å². The summed E-state index contributed by atoms with van der Waals surface area (Å²) in [6, 6.07) is 15.5. The number of amides is 1. The van der Waals surface area contributed by atoms with Crippen molar-refractivity contribution < 1.29 is 9.32 Å². The van der Waals surface area contributed by atoms with Gasteiger partial charge in [-0.1, -0.05) is 28.9 Å². The molecule has 0 radical (unpaired) electrons. The second-order valence-electron chi connectivity index (χ2n) is 7.75. The Balaban J connectivity index is 1.10. The van der Waals surface area contributed by atoms with Gasteiger partial charge in [0.2, 0.25) is 17.6 Å². The van der Waals surface area contributed by atoms with Crippen LogP contribution in [0.15, 0.2) is 53.1 Å². The van der Waals surface area contributed by atoms with Crippen molar-refractivity contribution in [3.63, 3.8) is 0 Å². The van der Waals surface area contributed by atoms with Gasteiger partial charge < -0.3 is 9.42 Å². The van der Waals surface area contributed by atoms with E-state index in [9.17, 15) is 4.79 Å². The molecule has 0 spiro atoms. The van der Waals surface area contributed by atoms with E-state index in [2.05, 4.69) is 21.1 Å². The van der Waals surface area contributed by atoms with Crippen LogP contribution >= 0.6 is 22.9 Å². The van der Waals surface area contributed by atoms with E-state index in [4.69, 9.17) is 21.1 Å². The Bertz CT molecular complexity index is 1180. The molecule has 1 aliphatic rings. The van der Waals surface area contributed by atoms with E-state index in [1.165, 1.54) is 4.70 Å². The van der Waals surface area contributed by atoms with Crippen molar-refractivity contribution in [1.29, 1.82) is 0 Å². The third kappa shape index (κ3) is 4.82. The van der Waals surface area contributed by atoms with Crippen LogP contribution in [-0.4, -0.2) is 57.0 Å². The summed E-state index contributed by atoms with van der Waals surface area (Å²) >= 11 is 7.66. The lowest BCUT2D eigenvalue weighted by molar-refractivity contribution is -0.133. The molecule has 1 saturated heterocycles. The lowest BCUT2D eigenvalue weighted by Gasteiger charge is -2.34. The van der Waals surface area contributed by atoms with Gasteiger partial charge in [0, 0.05) is 49.6 Å². The zero-order chi connectivity index (χ0) is 21.9. The van der Waals surface area contributed by atoms with E-state index in [1.807, 2.05) is 35.2 Å². The molecular weight excluding hydrogens is 446 g/mol. The van der Waals surface area contributed by atoms with Crippen LogP contribution < -0.4 is 0 Å². The number of aryl methyl sites for hydroxylation is 1. The number of fused-ring (bicyclic) bond motifs is 1. The molecule has 0 N–H and O–H groups in total. The molecule has 0 saturated carbocycles. The zero-order valence-electron chi connectivity index (χ0n) is 17.4. The molecule has 32 heavy (non-hydrogen) atoms. The Morgan fingerprint density at radius 2 is 1.81 bits per heavy atom.